The molecule has 1 N–H and O–H groups in total. The average Bonchev–Trinajstić information content (AvgIpc) is 3.13. The summed E-state index contributed by atoms with van der Waals surface area (Å²) in [5.41, 5.74) is 1.82. The molecule has 0 aliphatic carbocycles. The second kappa shape index (κ2) is 10.2. The summed E-state index contributed by atoms with van der Waals surface area (Å²) in [7, 11) is -3.92. The standard InChI is InChI=1S/C21H31NO7S/c1-15-7-8-18(12-16(15)2)30(25,26)22-14-17(23)13-19(22)21(24)29-11-5-10-28-20-6-3-4-9-27-20/h7-8,12,17,19-20,23H,3-6,9-11,13-14H2,1-2H3/t17-,19-,20-/m0/s1. The van der Waals surface area contributed by atoms with Crippen LogP contribution in [0.1, 0.15) is 43.2 Å². The Morgan fingerprint density at radius 1 is 1.23 bits per heavy atom. The lowest BCUT2D eigenvalue weighted by Crippen LogP contribution is -2.41. The predicted molar refractivity (Wildman–Crippen MR) is 109 cm³/mol. The van der Waals surface area contributed by atoms with E-state index < -0.39 is 28.1 Å². The molecular formula is C21H31NO7S. The lowest BCUT2D eigenvalue weighted by Gasteiger charge is -2.23. The molecule has 0 spiro atoms. The third kappa shape index (κ3) is 5.59. The van der Waals surface area contributed by atoms with Crippen LogP contribution in [0.5, 0.6) is 0 Å². The van der Waals surface area contributed by atoms with E-state index in [1.54, 1.807) is 12.1 Å². The highest BCUT2D eigenvalue weighted by molar-refractivity contribution is 7.89. The third-order valence-electron chi connectivity index (χ3n) is 5.57. The first-order valence-corrected chi connectivity index (χ1v) is 11.9. The highest BCUT2D eigenvalue weighted by atomic mass is 32.2. The number of aryl methyl sites for hydroxylation is 2. The number of aliphatic hydroxyl groups excluding tert-OH is 1. The molecule has 0 radical (unpaired) electrons. The molecule has 0 unspecified atom stereocenters. The van der Waals surface area contributed by atoms with E-state index in [9.17, 15) is 18.3 Å². The highest BCUT2D eigenvalue weighted by Crippen LogP contribution is 2.28. The SMILES string of the molecule is Cc1ccc(S(=O)(=O)N2C[C@@H](O)C[C@H]2C(=O)OCCCO[C@H]2CCCCO2)cc1C. The van der Waals surface area contributed by atoms with Gasteiger partial charge >= 0.3 is 5.97 Å². The molecule has 0 amide bonds. The summed E-state index contributed by atoms with van der Waals surface area (Å²) in [6.45, 7) is 4.83. The molecule has 2 aliphatic heterocycles. The predicted octanol–water partition coefficient (Wildman–Crippen LogP) is 1.90. The first kappa shape index (κ1) is 23.1. The topological polar surface area (TPSA) is 102 Å². The summed E-state index contributed by atoms with van der Waals surface area (Å²) in [6.07, 6.45) is 2.40. The van der Waals surface area contributed by atoms with E-state index in [1.165, 1.54) is 6.07 Å². The van der Waals surface area contributed by atoms with Gasteiger partial charge in [-0.2, -0.15) is 4.31 Å². The molecule has 30 heavy (non-hydrogen) atoms. The fraction of sp³-hybridized carbons (Fsp3) is 0.667. The van der Waals surface area contributed by atoms with Gasteiger partial charge in [0.15, 0.2) is 6.29 Å². The van der Waals surface area contributed by atoms with Gasteiger partial charge in [-0.25, -0.2) is 8.42 Å². The van der Waals surface area contributed by atoms with Crippen LogP contribution in [0.25, 0.3) is 0 Å². The van der Waals surface area contributed by atoms with Crippen LogP contribution in [0.2, 0.25) is 0 Å². The molecule has 1 aromatic rings. The van der Waals surface area contributed by atoms with E-state index in [0.717, 1.165) is 34.7 Å². The number of β-amino-alcohol motifs (C(OH)–C–C–N with tert-alkyl or cyclic N) is 1. The molecule has 2 saturated heterocycles. The molecule has 168 valence electrons. The summed E-state index contributed by atoms with van der Waals surface area (Å²) in [4.78, 5) is 12.7. The Morgan fingerprint density at radius 2 is 2.03 bits per heavy atom. The van der Waals surface area contributed by atoms with Crippen molar-refractivity contribution in [3.8, 4) is 0 Å². The molecule has 0 aromatic heterocycles. The molecule has 8 nitrogen and oxygen atoms in total. The van der Waals surface area contributed by atoms with Gasteiger partial charge in [0.1, 0.15) is 6.04 Å². The lowest BCUT2D eigenvalue weighted by molar-refractivity contribution is -0.165. The number of carbonyl (C=O) groups excluding carboxylic acids is 1. The van der Waals surface area contributed by atoms with Gasteiger partial charge in [-0.15, -0.1) is 0 Å². The van der Waals surface area contributed by atoms with Crippen molar-refractivity contribution in [2.45, 2.75) is 69.3 Å². The molecule has 2 aliphatic rings. The molecule has 0 saturated carbocycles. The second-order valence-electron chi connectivity index (χ2n) is 7.91. The number of carbonyl (C=O) groups is 1. The van der Waals surface area contributed by atoms with Crippen LogP contribution in [0.3, 0.4) is 0 Å². The van der Waals surface area contributed by atoms with Crippen LogP contribution in [0, 0.1) is 13.8 Å². The van der Waals surface area contributed by atoms with Gasteiger partial charge in [-0.1, -0.05) is 6.07 Å². The number of nitrogens with zero attached hydrogens (tertiary/aromatic N) is 1. The molecule has 3 atom stereocenters. The fourth-order valence-electron chi connectivity index (χ4n) is 3.66. The minimum absolute atomic E-state index is 0.0231. The van der Waals surface area contributed by atoms with Crippen molar-refractivity contribution >= 4 is 16.0 Å². The van der Waals surface area contributed by atoms with Crippen LogP contribution in [-0.2, 0) is 29.0 Å². The maximum atomic E-state index is 13.1. The maximum absolute atomic E-state index is 13.1. The minimum Gasteiger partial charge on any atom is -0.464 e. The van der Waals surface area contributed by atoms with Crippen molar-refractivity contribution in [1.29, 1.82) is 0 Å². The smallest absolute Gasteiger partial charge is 0.324 e. The number of rotatable bonds is 8. The summed E-state index contributed by atoms with van der Waals surface area (Å²) >= 11 is 0. The Kier molecular flexibility index (Phi) is 7.86. The molecular weight excluding hydrogens is 410 g/mol. The largest absolute Gasteiger partial charge is 0.464 e. The average molecular weight is 442 g/mol. The fourth-order valence-corrected chi connectivity index (χ4v) is 5.37. The Balaban J connectivity index is 1.55. The van der Waals surface area contributed by atoms with Crippen LogP contribution < -0.4 is 0 Å². The summed E-state index contributed by atoms with van der Waals surface area (Å²) < 4.78 is 43.6. The first-order valence-electron chi connectivity index (χ1n) is 10.5. The Morgan fingerprint density at radius 3 is 2.73 bits per heavy atom. The normalized spacial score (nSPS) is 25.4. The zero-order chi connectivity index (χ0) is 21.7. The number of hydrogen-bond acceptors (Lipinski definition) is 7. The van der Waals surface area contributed by atoms with Gasteiger partial charge in [0, 0.05) is 26.0 Å². The van der Waals surface area contributed by atoms with E-state index in [-0.39, 0.29) is 30.8 Å². The minimum atomic E-state index is -3.92. The van der Waals surface area contributed by atoms with Crippen molar-refractivity contribution in [2.75, 3.05) is 26.4 Å². The zero-order valence-electron chi connectivity index (χ0n) is 17.6. The van der Waals surface area contributed by atoms with Crippen LogP contribution in [0.15, 0.2) is 23.1 Å². The van der Waals surface area contributed by atoms with Crippen molar-refractivity contribution in [3.63, 3.8) is 0 Å². The zero-order valence-corrected chi connectivity index (χ0v) is 18.4. The number of ether oxygens (including phenoxy) is 3. The lowest BCUT2D eigenvalue weighted by atomic mass is 10.1. The van der Waals surface area contributed by atoms with Gasteiger partial charge in [0.2, 0.25) is 10.0 Å². The van der Waals surface area contributed by atoms with Gasteiger partial charge < -0.3 is 19.3 Å². The Hall–Kier alpha value is -1.52. The maximum Gasteiger partial charge on any atom is 0.324 e. The van der Waals surface area contributed by atoms with Crippen LogP contribution in [0.4, 0.5) is 0 Å². The van der Waals surface area contributed by atoms with Crippen molar-refractivity contribution in [1.82, 2.24) is 4.31 Å². The van der Waals surface area contributed by atoms with E-state index in [0.29, 0.717) is 19.6 Å². The molecule has 1 aromatic carbocycles. The van der Waals surface area contributed by atoms with Crippen LogP contribution in [-0.4, -0.2) is 68.6 Å². The van der Waals surface area contributed by atoms with Gasteiger partial charge in [0.25, 0.3) is 0 Å². The second-order valence-corrected chi connectivity index (χ2v) is 9.80. The number of sulfonamides is 1. The van der Waals surface area contributed by atoms with E-state index in [2.05, 4.69) is 0 Å². The van der Waals surface area contributed by atoms with Crippen molar-refractivity contribution in [3.05, 3.63) is 29.3 Å². The monoisotopic (exact) mass is 441 g/mol. The number of aliphatic hydroxyl groups is 1. The Labute approximate surface area is 178 Å². The summed E-state index contributed by atoms with van der Waals surface area (Å²) in [5.74, 6) is -0.645. The van der Waals surface area contributed by atoms with Crippen molar-refractivity contribution in [2.24, 2.45) is 0 Å². The molecule has 2 fully saturated rings. The van der Waals surface area contributed by atoms with Crippen molar-refractivity contribution < 1.29 is 32.5 Å². The van der Waals surface area contributed by atoms with Gasteiger partial charge in [-0.05, 0) is 56.4 Å². The van der Waals surface area contributed by atoms with E-state index >= 15 is 0 Å². The number of benzene rings is 1. The molecule has 2 heterocycles. The molecule has 3 rings (SSSR count). The Bertz CT molecular complexity index is 836. The summed E-state index contributed by atoms with van der Waals surface area (Å²) in [5, 5.41) is 10.0. The molecule has 9 heteroatoms. The third-order valence-corrected chi connectivity index (χ3v) is 7.44. The van der Waals surface area contributed by atoms with Crippen LogP contribution >= 0.6 is 0 Å². The quantitative estimate of drug-likeness (QED) is 0.486. The number of hydrogen-bond donors (Lipinski definition) is 1. The molecule has 0 bridgehead atoms. The highest BCUT2D eigenvalue weighted by Gasteiger charge is 2.44. The van der Waals surface area contributed by atoms with Gasteiger partial charge in [-0.3, -0.25) is 4.79 Å². The number of esters is 1. The first-order chi connectivity index (χ1) is 14.3. The van der Waals surface area contributed by atoms with E-state index in [1.807, 2.05) is 13.8 Å². The van der Waals surface area contributed by atoms with Gasteiger partial charge in [0.05, 0.1) is 24.2 Å². The van der Waals surface area contributed by atoms with E-state index in [4.69, 9.17) is 14.2 Å². The summed E-state index contributed by atoms with van der Waals surface area (Å²) in [6, 6.07) is 3.81.